The van der Waals surface area contributed by atoms with Crippen molar-refractivity contribution in [1.82, 2.24) is 10.2 Å². The number of rotatable bonds is 4. The van der Waals surface area contributed by atoms with Crippen LogP contribution >= 0.6 is 12.4 Å². The summed E-state index contributed by atoms with van der Waals surface area (Å²) < 4.78 is 11.6. The van der Waals surface area contributed by atoms with Crippen molar-refractivity contribution in [2.75, 3.05) is 33.3 Å². The quantitative estimate of drug-likeness (QED) is 0.849. The summed E-state index contributed by atoms with van der Waals surface area (Å²) in [5, 5.41) is 3.48. The van der Waals surface area contributed by atoms with Gasteiger partial charge in [-0.2, -0.15) is 0 Å². The first kappa shape index (κ1) is 20.3. The average molecular weight is 395 g/mol. The maximum atomic E-state index is 13.0. The number of hydrogen-bond acceptors (Lipinski definition) is 4. The van der Waals surface area contributed by atoms with Crippen molar-refractivity contribution < 1.29 is 14.3 Å². The van der Waals surface area contributed by atoms with Crippen molar-refractivity contribution in [3.63, 3.8) is 0 Å². The van der Waals surface area contributed by atoms with E-state index in [2.05, 4.69) is 5.32 Å². The Hall–Kier alpha value is -1.46. The Morgan fingerprint density at radius 3 is 2.33 bits per heavy atom. The molecule has 1 saturated carbocycles. The van der Waals surface area contributed by atoms with E-state index in [9.17, 15) is 4.79 Å². The molecule has 3 fully saturated rings. The van der Waals surface area contributed by atoms with Crippen LogP contribution in [0.25, 0.3) is 0 Å². The van der Waals surface area contributed by atoms with Crippen LogP contribution in [-0.2, 0) is 0 Å². The summed E-state index contributed by atoms with van der Waals surface area (Å²) in [5.41, 5.74) is 0.700. The largest absolute Gasteiger partial charge is 0.493 e. The number of methoxy groups -OCH3 is 1. The maximum Gasteiger partial charge on any atom is 0.253 e. The maximum absolute atomic E-state index is 13.0. The third-order valence-corrected chi connectivity index (χ3v) is 6.31. The fourth-order valence-corrected chi connectivity index (χ4v) is 4.69. The number of nitrogens with zero attached hydrogens (tertiary/aromatic N) is 1. The molecule has 0 aromatic heterocycles. The molecule has 6 heteroatoms. The number of fused-ring (bicyclic) bond motifs is 1. The van der Waals surface area contributed by atoms with Crippen LogP contribution in [0.3, 0.4) is 0 Å². The molecule has 4 rings (SSSR count). The fraction of sp³-hybridized carbons (Fsp3) is 0.667. The topological polar surface area (TPSA) is 50.8 Å². The molecule has 1 aliphatic carbocycles. The van der Waals surface area contributed by atoms with E-state index >= 15 is 0 Å². The molecule has 2 aliphatic heterocycles. The monoisotopic (exact) mass is 394 g/mol. The molecule has 2 saturated heterocycles. The van der Waals surface area contributed by atoms with Gasteiger partial charge in [0.15, 0.2) is 11.5 Å². The van der Waals surface area contributed by atoms with Gasteiger partial charge in [-0.1, -0.05) is 0 Å². The summed E-state index contributed by atoms with van der Waals surface area (Å²) >= 11 is 0. The van der Waals surface area contributed by atoms with Crippen molar-refractivity contribution >= 4 is 18.3 Å². The van der Waals surface area contributed by atoms with Crippen LogP contribution in [0.1, 0.15) is 48.9 Å². The Morgan fingerprint density at radius 1 is 1.04 bits per heavy atom. The number of amides is 1. The number of halogens is 1. The zero-order valence-corrected chi connectivity index (χ0v) is 16.9. The Bertz CT molecular complexity index is 634. The third-order valence-electron chi connectivity index (χ3n) is 6.31. The Morgan fingerprint density at radius 2 is 1.70 bits per heavy atom. The Kier molecular flexibility index (Phi) is 6.88. The van der Waals surface area contributed by atoms with Gasteiger partial charge in [0.1, 0.15) is 0 Å². The number of hydrogen-bond donors (Lipinski definition) is 1. The lowest BCUT2D eigenvalue weighted by molar-refractivity contribution is 0.0758. The highest BCUT2D eigenvalue weighted by Crippen LogP contribution is 2.33. The lowest BCUT2D eigenvalue weighted by Gasteiger charge is -2.22. The standard InChI is InChI=1S/C21H30N2O3.ClH/c1-25-20-12-15(6-7-19(20)26-18-4-2-3-5-18)21(24)23-10-8-16-13-22-14-17(16)9-11-23;/h6-7,12,16-18,22H,2-5,8-11,13-14H2,1H3;1H/t16-,17+;. The van der Waals surface area contributed by atoms with Crippen molar-refractivity contribution in [2.45, 2.75) is 44.6 Å². The second-order valence-electron chi connectivity index (χ2n) is 7.94. The van der Waals surface area contributed by atoms with Gasteiger partial charge in [0.25, 0.3) is 5.91 Å². The van der Waals surface area contributed by atoms with Crippen LogP contribution in [-0.4, -0.2) is 50.2 Å². The van der Waals surface area contributed by atoms with Crippen molar-refractivity contribution in [2.24, 2.45) is 11.8 Å². The predicted octanol–water partition coefficient (Wildman–Crippen LogP) is 3.51. The second-order valence-corrected chi connectivity index (χ2v) is 7.94. The van der Waals surface area contributed by atoms with Gasteiger partial charge in [0.2, 0.25) is 0 Å². The zero-order valence-electron chi connectivity index (χ0n) is 16.1. The minimum absolute atomic E-state index is 0. The van der Waals surface area contributed by atoms with Gasteiger partial charge in [-0.15, -0.1) is 12.4 Å². The molecule has 1 aromatic carbocycles. The normalized spacial score (nSPS) is 25.4. The van der Waals surface area contributed by atoms with E-state index < -0.39 is 0 Å². The molecule has 3 aliphatic rings. The van der Waals surface area contributed by atoms with Crippen LogP contribution in [0, 0.1) is 11.8 Å². The van der Waals surface area contributed by atoms with Gasteiger partial charge < -0.3 is 19.7 Å². The van der Waals surface area contributed by atoms with Crippen LogP contribution in [0.2, 0.25) is 0 Å². The second kappa shape index (κ2) is 9.16. The summed E-state index contributed by atoms with van der Waals surface area (Å²) in [6.45, 7) is 3.91. The molecule has 27 heavy (non-hydrogen) atoms. The Balaban J connectivity index is 0.00000210. The summed E-state index contributed by atoms with van der Waals surface area (Å²) in [5.74, 6) is 2.99. The summed E-state index contributed by atoms with van der Waals surface area (Å²) in [6.07, 6.45) is 7.16. The molecule has 0 spiro atoms. The number of ether oxygens (including phenoxy) is 2. The van der Waals surface area contributed by atoms with E-state index in [1.165, 1.54) is 12.8 Å². The van der Waals surface area contributed by atoms with Crippen LogP contribution < -0.4 is 14.8 Å². The smallest absolute Gasteiger partial charge is 0.253 e. The van der Waals surface area contributed by atoms with Crippen LogP contribution in [0.5, 0.6) is 11.5 Å². The minimum Gasteiger partial charge on any atom is -0.493 e. The van der Waals surface area contributed by atoms with Gasteiger partial charge in [-0.05, 0) is 81.6 Å². The summed E-state index contributed by atoms with van der Waals surface area (Å²) in [4.78, 5) is 15.0. The molecule has 2 atom stereocenters. The molecule has 0 radical (unpaired) electrons. The van der Waals surface area contributed by atoms with Gasteiger partial charge >= 0.3 is 0 Å². The van der Waals surface area contributed by atoms with E-state index in [1.54, 1.807) is 7.11 Å². The lowest BCUT2D eigenvalue weighted by Crippen LogP contribution is -2.32. The van der Waals surface area contributed by atoms with Crippen LogP contribution in [0.4, 0.5) is 0 Å². The highest BCUT2D eigenvalue weighted by molar-refractivity contribution is 5.95. The number of carbonyl (C=O) groups is 1. The number of benzene rings is 1. The van der Waals surface area contributed by atoms with E-state index in [-0.39, 0.29) is 24.4 Å². The molecular formula is C21H31ClN2O3. The summed E-state index contributed by atoms with van der Waals surface area (Å²) in [6, 6.07) is 5.64. The predicted molar refractivity (Wildman–Crippen MR) is 108 cm³/mol. The van der Waals surface area contributed by atoms with Gasteiger partial charge in [-0.25, -0.2) is 0 Å². The third kappa shape index (κ3) is 4.52. The highest BCUT2D eigenvalue weighted by atomic mass is 35.5. The van der Waals surface area contributed by atoms with E-state index in [0.29, 0.717) is 11.3 Å². The SMILES string of the molecule is COc1cc(C(=O)N2CC[C@@H]3CNC[C@@H]3CC2)ccc1OC1CCCC1.Cl. The average Bonchev–Trinajstić information content (AvgIpc) is 3.30. The molecule has 1 aromatic rings. The zero-order chi connectivity index (χ0) is 17.9. The first-order valence-electron chi connectivity index (χ1n) is 10.1. The van der Waals surface area contributed by atoms with E-state index in [4.69, 9.17) is 9.47 Å². The van der Waals surface area contributed by atoms with Crippen molar-refractivity contribution in [3.8, 4) is 11.5 Å². The molecule has 1 N–H and O–H groups in total. The molecule has 0 unspecified atom stereocenters. The molecule has 5 nitrogen and oxygen atoms in total. The van der Waals surface area contributed by atoms with Gasteiger partial charge in [0, 0.05) is 18.7 Å². The number of nitrogens with one attached hydrogen (secondary N) is 1. The van der Waals surface area contributed by atoms with Gasteiger partial charge in [0.05, 0.1) is 13.2 Å². The van der Waals surface area contributed by atoms with Crippen molar-refractivity contribution in [1.29, 1.82) is 0 Å². The minimum atomic E-state index is 0. The fourth-order valence-electron chi connectivity index (χ4n) is 4.69. The summed E-state index contributed by atoms with van der Waals surface area (Å²) in [7, 11) is 1.64. The molecular weight excluding hydrogens is 364 g/mol. The van der Waals surface area contributed by atoms with E-state index in [0.717, 1.165) is 69.4 Å². The lowest BCUT2D eigenvalue weighted by atomic mass is 9.92. The molecule has 2 heterocycles. The molecule has 150 valence electrons. The Labute approximate surface area is 168 Å². The number of likely N-dealkylation sites (tertiary alicyclic amines) is 1. The molecule has 1 amide bonds. The number of carbonyl (C=O) groups excluding carboxylic acids is 1. The first-order valence-corrected chi connectivity index (χ1v) is 10.1. The highest BCUT2D eigenvalue weighted by Gasteiger charge is 2.32. The van der Waals surface area contributed by atoms with Gasteiger partial charge in [-0.3, -0.25) is 4.79 Å². The first-order chi connectivity index (χ1) is 12.7. The van der Waals surface area contributed by atoms with Crippen molar-refractivity contribution in [3.05, 3.63) is 23.8 Å². The molecule has 0 bridgehead atoms. The van der Waals surface area contributed by atoms with E-state index in [1.807, 2.05) is 23.1 Å². The van der Waals surface area contributed by atoms with Crippen LogP contribution in [0.15, 0.2) is 18.2 Å².